The van der Waals surface area contributed by atoms with Crippen molar-refractivity contribution in [2.45, 2.75) is 0 Å². The quantitative estimate of drug-likeness (QED) is 0.179. The van der Waals surface area contributed by atoms with Crippen LogP contribution in [0.2, 0.25) is 0 Å². The molecule has 0 atom stereocenters. The second-order valence-electron chi connectivity index (χ2n) is 12.8. The Bertz CT molecular complexity index is 3050. The third-order valence-corrected chi connectivity index (χ3v) is 11.2. The van der Waals surface area contributed by atoms with Gasteiger partial charge < -0.3 is 8.83 Å². The maximum absolute atomic E-state index is 6.81. The van der Waals surface area contributed by atoms with Crippen LogP contribution < -0.4 is 0 Å². The number of furan rings is 2. The predicted octanol–water partition coefficient (Wildman–Crippen LogP) is 14.0. The fourth-order valence-electron chi connectivity index (χ4n) is 7.94. The summed E-state index contributed by atoms with van der Waals surface area (Å²) in [6.07, 6.45) is 0. The number of rotatable bonds is 3. The fraction of sp³-hybridized carbons (Fsp3) is 0. The summed E-state index contributed by atoms with van der Waals surface area (Å²) in [5, 5.41) is 10.6. The van der Waals surface area contributed by atoms with Crippen LogP contribution in [0, 0.1) is 0 Å². The predicted molar refractivity (Wildman–Crippen MR) is 208 cm³/mol. The lowest BCUT2D eigenvalue weighted by atomic mass is 9.84. The second-order valence-corrected chi connectivity index (χ2v) is 13.8. The van der Waals surface area contributed by atoms with Gasteiger partial charge in [-0.05, 0) is 63.0 Å². The van der Waals surface area contributed by atoms with Crippen molar-refractivity contribution in [3.8, 4) is 33.6 Å². The molecular formula is C46H26O2S. The van der Waals surface area contributed by atoms with Crippen LogP contribution >= 0.6 is 11.3 Å². The zero-order valence-corrected chi connectivity index (χ0v) is 27.1. The highest BCUT2D eigenvalue weighted by atomic mass is 32.1. The second kappa shape index (κ2) is 10.2. The van der Waals surface area contributed by atoms with Gasteiger partial charge in [0.05, 0.1) is 0 Å². The van der Waals surface area contributed by atoms with Crippen molar-refractivity contribution in [2.75, 3.05) is 0 Å². The van der Waals surface area contributed by atoms with Gasteiger partial charge in [-0.15, -0.1) is 11.3 Å². The largest absolute Gasteiger partial charge is 0.456 e. The van der Waals surface area contributed by atoms with Crippen LogP contribution in [0.15, 0.2) is 167 Å². The lowest BCUT2D eigenvalue weighted by molar-refractivity contribution is 0.631. The van der Waals surface area contributed by atoms with Crippen LogP contribution in [0.3, 0.4) is 0 Å². The molecule has 0 aliphatic rings. The Balaban J connectivity index is 1.29. The average Bonchev–Trinajstić information content (AvgIpc) is 3.86. The van der Waals surface area contributed by atoms with E-state index in [9.17, 15) is 0 Å². The molecule has 3 heterocycles. The minimum absolute atomic E-state index is 0.843. The standard InChI is InChI=1S/C46H26O2S/c1-2-12-27(13-3-1)39-26-37-40(47-39)25-36-29-14-8-10-20-38(29)48-46(36)45(37)44-34-18-6-4-16-32(34)43(33-17-5-7-19-35(33)44)28-22-23-31-30-15-9-11-21-41(30)49-42(31)24-28/h1-26H. The SMILES string of the molecule is c1ccc(-c2cc3c(-c4c5ccccc5c(-c5ccc6c(c5)sc5ccccc56)c5ccccc45)c4oc5ccccc5c4cc3o2)cc1. The minimum atomic E-state index is 0.843. The maximum atomic E-state index is 6.81. The lowest BCUT2D eigenvalue weighted by Crippen LogP contribution is -1.91. The number of thiophene rings is 1. The molecule has 0 saturated heterocycles. The Morgan fingerprint density at radius 3 is 1.69 bits per heavy atom. The first kappa shape index (κ1) is 26.9. The van der Waals surface area contributed by atoms with E-state index in [4.69, 9.17) is 8.83 Å². The lowest BCUT2D eigenvalue weighted by Gasteiger charge is -2.18. The summed E-state index contributed by atoms with van der Waals surface area (Å²) in [5.74, 6) is 0.843. The third-order valence-electron chi connectivity index (χ3n) is 10.1. The molecular weight excluding hydrogens is 617 g/mol. The highest BCUT2D eigenvalue weighted by Gasteiger charge is 2.25. The smallest absolute Gasteiger partial charge is 0.144 e. The van der Waals surface area contributed by atoms with Gasteiger partial charge in [-0.1, -0.05) is 127 Å². The number of fused-ring (bicyclic) bond motifs is 9. The van der Waals surface area contributed by atoms with Gasteiger partial charge in [0.15, 0.2) is 0 Å². The van der Waals surface area contributed by atoms with Crippen molar-refractivity contribution in [2.24, 2.45) is 0 Å². The molecule has 11 rings (SSSR count). The normalized spacial score (nSPS) is 12.1. The van der Waals surface area contributed by atoms with E-state index in [1.807, 2.05) is 23.5 Å². The number of benzene rings is 8. The average molecular weight is 643 g/mol. The maximum Gasteiger partial charge on any atom is 0.144 e. The fourth-order valence-corrected chi connectivity index (χ4v) is 9.08. The van der Waals surface area contributed by atoms with Gasteiger partial charge in [0.2, 0.25) is 0 Å². The molecule has 2 nitrogen and oxygen atoms in total. The zero-order chi connectivity index (χ0) is 32.1. The Labute approximate surface area is 285 Å². The molecule has 0 unspecified atom stereocenters. The van der Waals surface area contributed by atoms with Crippen LogP contribution in [0.4, 0.5) is 0 Å². The van der Waals surface area contributed by atoms with Gasteiger partial charge in [0.1, 0.15) is 22.5 Å². The van der Waals surface area contributed by atoms with E-state index in [-0.39, 0.29) is 0 Å². The van der Waals surface area contributed by atoms with Gasteiger partial charge in [-0.3, -0.25) is 0 Å². The Kier molecular flexibility index (Phi) is 5.57. The molecule has 8 aromatic carbocycles. The van der Waals surface area contributed by atoms with E-state index in [0.717, 1.165) is 55.4 Å². The molecule has 0 N–H and O–H groups in total. The molecule has 49 heavy (non-hydrogen) atoms. The highest BCUT2D eigenvalue weighted by Crippen LogP contribution is 2.50. The Hall–Kier alpha value is -6.16. The van der Waals surface area contributed by atoms with E-state index in [0.29, 0.717) is 0 Å². The number of hydrogen-bond acceptors (Lipinski definition) is 3. The van der Waals surface area contributed by atoms with Gasteiger partial charge >= 0.3 is 0 Å². The summed E-state index contributed by atoms with van der Waals surface area (Å²) in [4.78, 5) is 0. The molecule has 0 bridgehead atoms. The van der Waals surface area contributed by atoms with E-state index in [2.05, 4.69) is 146 Å². The van der Waals surface area contributed by atoms with E-state index in [1.165, 1.54) is 52.8 Å². The summed E-state index contributed by atoms with van der Waals surface area (Å²) < 4.78 is 16.1. The zero-order valence-electron chi connectivity index (χ0n) is 26.2. The molecule has 0 aliphatic carbocycles. The van der Waals surface area contributed by atoms with Crippen molar-refractivity contribution >= 4 is 86.0 Å². The molecule has 0 amide bonds. The topological polar surface area (TPSA) is 26.3 Å². The number of para-hydroxylation sites is 1. The molecule has 3 heteroatoms. The van der Waals surface area contributed by atoms with Crippen LogP contribution in [-0.4, -0.2) is 0 Å². The Morgan fingerprint density at radius 1 is 0.327 bits per heavy atom. The van der Waals surface area contributed by atoms with Crippen LogP contribution in [0.5, 0.6) is 0 Å². The van der Waals surface area contributed by atoms with Crippen molar-refractivity contribution in [3.63, 3.8) is 0 Å². The van der Waals surface area contributed by atoms with Crippen LogP contribution in [0.25, 0.3) is 108 Å². The van der Waals surface area contributed by atoms with Gasteiger partial charge in [0.25, 0.3) is 0 Å². The minimum Gasteiger partial charge on any atom is -0.456 e. The van der Waals surface area contributed by atoms with Crippen LogP contribution in [0.1, 0.15) is 0 Å². The van der Waals surface area contributed by atoms with Crippen molar-refractivity contribution in [1.82, 2.24) is 0 Å². The molecule has 0 aliphatic heterocycles. The van der Waals surface area contributed by atoms with E-state index >= 15 is 0 Å². The van der Waals surface area contributed by atoms with Gasteiger partial charge in [-0.25, -0.2) is 0 Å². The molecule has 0 spiro atoms. The highest BCUT2D eigenvalue weighted by molar-refractivity contribution is 7.25. The molecule has 11 aromatic rings. The summed E-state index contributed by atoms with van der Waals surface area (Å²) in [6.45, 7) is 0. The molecule has 228 valence electrons. The van der Waals surface area contributed by atoms with Crippen molar-refractivity contribution in [3.05, 3.63) is 158 Å². The van der Waals surface area contributed by atoms with Gasteiger partial charge in [-0.2, -0.15) is 0 Å². The number of hydrogen-bond donors (Lipinski definition) is 0. The first-order valence-corrected chi connectivity index (χ1v) is 17.4. The van der Waals surface area contributed by atoms with Crippen molar-refractivity contribution < 1.29 is 8.83 Å². The summed E-state index contributed by atoms with van der Waals surface area (Å²) >= 11 is 1.86. The molecule has 0 radical (unpaired) electrons. The molecule has 0 fully saturated rings. The summed E-state index contributed by atoms with van der Waals surface area (Å²) in [7, 11) is 0. The van der Waals surface area contributed by atoms with E-state index < -0.39 is 0 Å². The molecule has 3 aromatic heterocycles. The molecule has 0 saturated carbocycles. The third kappa shape index (κ3) is 3.88. The first-order valence-electron chi connectivity index (χ1n) is 16.6. The first-order chi connectivity index (χ1) is 24.3. The summed E-state index contributed by atoms with van der Waals surface area (Å²) in [6, 6.07) is 56.4. The summed E-state index contributed by atoms with van der Waals surface area (Å²) in [5.41, 5.74) is 8.34. The van der Waals surface area contributed by atoms with Gasteiger partial charge in [0, 0.05) is 53.0 Å². The monoisotopic (exact) mass is 642 g/mol. The Morgan fingerprint density at radius 2 is 0.939 bits per heavy atom. The van der Waals surface area contributed by atoms with E-state index in [1.54, 1.807) is 0 Å². The van der Waals surface area contributed by atoms with Crippen molar-refractivity contribution in [1.29, 1.82) is 0 Å². The van der Waals surface area contributed by atoms with Crippen LogP contribution in [-0.2, 0) is 0 Å².